The molecule has 1 atom stereocenters. The Balaban J connectivity index is 1.62. The van der Waals surface area contributed by atoms with Crippen LogP contribution in [-0.2, 0) is 16.9 Å². The van der Waals surface area contributed by atoms with Gasteiger partial charge in [-0.25, -0.2) is 9.78 Å². The van der Waals surface area contributed by atoms with Crippen LogP contribution in [-0.4, -0.2) is 21.8 Å². The molecule has 1 saturated heterocycles. The van der Waals surface area contributed by atoms with Crippen LogP contribution in [0.25, 0.3) is 10.8 Å². The number of halogens is 2. The van der Waals surface area contributed by atoms with Gasteiger partial charge in [-0.1, -0.05) is 35.3 Å². The van der Waals surface area contributed by atoms with Crippen LogP contribution in [0.15, 0.2) is 40.1 Å². The Morgan fingerprint density at radius 2 is 2.04 bits per heavy atom. The first-order valence-electron chi connectivity index (χ1n) is 8.39. The van der Waals surface area contributed by atoms with E-state index in [1.807, 2.05) is 17.5 Å². The maximum absolute atomic E-state index is 13.1. The number of imide groups is 1. The fourth-order valence-electron chi connectivity index (χ4n) is 3.07. The Hall–Kier alpha value is -2.35. The van der Waals surface area contributed by atoms with Crippen molar-refractivity contribution in [1.82, 2.24) is 15.2 Å². The highest BCUT2D eigenvalue weighted by molar-refractivity contribution is 7.13. The summed E-state index contributed by atoms with van der Waals surface area (Å²) in [5.74, 6) is 0.643. The molecular weight excluding hydrogens is 421 g/mol. The van der Waals surface area contributed by atoms with Gasteiger partial charge in [0.25, 0.3) is 5.91 Å². The van der Waals surface area contributed by atoms with Crippen molar-refractivity contribution in [2.75, 3.05) is 0 Å². The van der Waals surface area contributed by atoms with Crippen LogP contribution >= 0.6 is 34.5 Å². The Kier molecular flexibility index (Phi) is 4.69. The van der Waals surface area contributed by atoms with Crippen LogP contribution in [0.3, 0.4) is 0 Å². The normalized spacial score (nSPS) is 19.4. The number of benzene rings is 1. The van der Waals surface area contributed by atoms with E-state index in [4.69, 9.17) is 27.6 Å². The maximum Gasteiger partial charge on any atom is 0.325 e. The molecule has 0 saturated carbocycles. The summed E-state index contributed by atoms with van der Waals surface area (Å²) in [5.41, 5.74) is -0.149. The predicted octanol–water partition coefficient (Wildman–Crippen LogP) is 4.99. The highest BCUT2D eigenvalue weighted by Crippen LogP contribution is 2.34. The highest BCUT2D eigenvalue weighted by atomic mass is 35.5. The lowest BCUT2D eigenvalue weighted by atomic mass is 9.92. The second-order valence-electron chi connectivity index (χ2n) is 6.57. The number of nitrogens with one attached hydrogen (secondary N) is 1. The number of rotatable bonds is 4. The first-order valence-corrected chi connectivity index (χ1v) is 10.0. The molecule has 1 fully saturated rings. The maximum atomic E-state index is 13.1. The van der Waals surface area contributed by atoms with Gasteiger partial charge in [-0.3, -0.25) is 9.69 Å². The third-order valence-corrected chi connectivity index (χ3v) is 6.30. The van der Waals surface area contributed by atoms with Gasteiger partial charge < -0.3 is 9.73 Å². The van der Waals surface area contributed by atoms with Crippen molar-refractivity contribution in [3.63, 3.8) is 0 Å². The fraction of sp³-hybridized carbons (Fsp3) is 0.211. The van der Waals surface area contributed by atoms with Gasteiger partial charge >= 0.3 is 6.03 Å². The number of thiophene rings is 1. The van der Waals surface area contributed by atoms with Crippen molar-refractivity contribution < 1.29 is 14.0 Å². The minimum absolute atomic E-state index is 0.0162. The van der Waals surface area contributed by atoms with Crippen LogP contribution in [0, 0.1) is 6.92 Å². The zero-order chi connectivity index (χ0) is 20.1. The molecule has 3 aromatic rings. The van der Waals surface area contributed by atoms with Crippen molar-refractivity contribution in [2.24, 2.45) is 0 Å². The average molecular weight is 436 g/mol. The molecule has 0 bridgehead atoms. The molecule has 0 aliphatic carbocycles. The average Bonchev–Trinajstić information content (AvgIpc) is 3.35. The zero-order valence-electron chi connectivity index (χ0n) is 15.0. The number of nitrogens with zero attached hydrogens (tertiary/aromatic N) is 2. The summed E-state index contributed by atoms with van der Waals surface area (Å²) in [6.07, 6.45) is 0. The Morgan fingerprint density at radius 1 is 1.25 bits per heavy atom. The van der Waals surface area contributed by atoms with Crippen LogP contribution in [0.1, 0.15) is 23.9 Å². The van der Waals surface area contributed by atoms with Gasteiger partial charge in [-0.2, -0.15) is 0 Å². The first-order chi connectivity index (χ1) is 13.3. The van der Waals surface area contributed by atoms with Gasteiger partial charge in [0.2, 0.25) is 5.89 Å². The van der Waals surface area contributed by atoms with E-state index in [1.54, 1.807) is 32.0 Å². The molecule has 28 heavy (non-hydrogen) atoms. The lowest BCUT2D eigenvalue weighted by Crippen LogP contribution is -2.40. The van der Waals surface area contributed by atoms with E-state index in [1.165, 1.54) is 11.3 Å². The number of aromatic nitrogens is 1. The number of urea groups is 1. The third-order valence-electron chi connectivity index (χ3n) is 4.70. The molecule has 9 heteroatoms. The van der Waals surface area contributed by atoms with E-state index in [0.29, 0.717) is 33.0 Å². The molecule has 1 aliphatic heterocycles. The number of hydrogen-bond acceptors (Lipinski definition) is 5. The topological polar surface area (TPSA) is 75.4 Å². The molecule has 1 unspecified atom stereocenters. The van der Waals surface area contributed by atoms with Crippen LogP contribution in [0.2, 0.25) is 10.0 Å². The number of amides is 3. The second kappa shape index (κ2) is 6.92. The monoisotopic (exact) mass is 435 g/mol. The van der Waals surface area contributed by atoms with Crippen molar-refractivity contribution >= 4 is 46.5 Å². The molecule has 6 nitrogen and oxygen atoms in total. The summed E-state index contributed by atoms with van der Waals surface area (Å²) in [4.78, 5) is 32.1. The number of carbonyl (C=O) groups excluding carboxylic acids is 2. The van der Waals surface area contributed by atoms with Crippen molar-refractivity contribution in [1.29, 1.82) is 0 Å². The predicted molar refractivity (Wildman–Crippen MR) is 107 cm³/mol. The summed E-state index contributed by atoms with van der Waals surface area (Å²) in [6, 6.07) is 8.16. The van der Waals surface area contributed by atoms with Gasteiger partial charge in [0, 0.05) is 0 Å². The van der Waals surface area contributed by atoms with Crippen molar-refractivity contribution in [2.45, 2.75) is 25.9 Å². The molecule has 144 valence electrons. The molecule has 3 heterocycles. The molecule has 2 aromatic heterocycles. The van der Waals surface area contributed by atoms with Gasteiger partial charge in [0.15, 0.2) is 0 Å². The molecule has 0 radical (unpaired) electrons. The Morgan fingerprint density at radius 3 is 2.71 bits per heavy atom. The molecule has 3 amide bonds. The first kappa shape index (κ1) is 19.0. The molecular formula is C19H15Cl2N3O3S. The summed E-state index contributed by atoms with van der Waals surface area (Å²) in [6.45, 7) is 3.41. The van der Waals surface area contributed by atoms with E-state index in [9.17, 15) is 9.59 Å². The fourth-order valence-corrected chi connectivity index (χ4v) is 4.02. The smallest absolute Gasteiger partial charge is 0.325 e. The summed E-state index contributed by atoms with van der Waals surface area (Å²) >= 11 is 13.6. The number of oxazole rings is 1. The van der Waals surface area contributed by atoms with Gasteiger partial charge in [0.1, 0.15) is 17.0 Å². The second-order valence-corrected chi connectivity index (χ2v) is 8.34. The van der Waals surface area contributed by atoms with E-state index in [2.05, 4.69) is 10.3 Å². The Labute approximate surface area is 175 Å². The molecule has 0 spiro atoms. The molecule has 1 N–H and O–H groups in total. The number of hydrogen-bond donors (Lipinski definition) is 1. The zero-order valence-corrected chi connectivity index (χ0v) is 17.3. The SMILES string of the molecule is Cc1oc(-c2cccs2)nc1CN1C(=O)NC(C)(c2ccc(Cl)c(Cl)c2)C1=O. The quantitative estimate of drug-likeness (QED) is 0.585. The largest absolute Gasteiger partial charge is 0.440 e. The minimum Gasteiger partial charge on any atom is -0.440 e. The van der Waals surface area contributed by atoms with Gasteiger partial charge in [-0.05, 0) is 43.0 Å². The highest BCUT2D eigenvalue weighted by Gasteiger charge is 2.49. The van der Waals surface area contributed by atoms with E-state index in [-0.39, 0.29) is 6.54 Å². The van der Waals surface area contributed by atoms with E-state index >= 15 is 0 Å². The summed E-state index contributed by atoms with van der Waals surface area (Å²) in [5, 5.41) is 5.36. The number of aryl methyl sites for hydroxylation is 1. The third kappa shape index (κ3) is 3.09. The Bertz CT molecular complexity index is 1080. The van der Waals surface area contributed by atoms with Crippen molar-refractivity contribution in [3.05, 3.63) is 62.8 Å². The molecule has 4 rings (SSSR count). The number of carbonyl (C=O) groups is 2. The van der Waals surface area contributed by atoms with Crippen LogP contribution < -0.4 is 5.32 Å². The van der Waals surface area contributed by atoms with Crippen LogP contribution in [0.4, 0.5) is 4.79 Å². The lowest BCUT2D eigenvalue weighted by Gasteiger charge is -2.22. The molecule has 1 aromatic carbocycles. The summed E-state index contributed by atoms with van der Waals surface area (Å²) in [7, 11) is 0. The van der Waals surface area contributed by atoms with E-state index < -0.39 is 17.5 Å². The standard InChI is InChI=1S/C19H15Cl2N3O3S/c1-10-14(22-16(27-10)15-4-3-7-28-15)9-24-17(25)19(2,23-18(24)26)11-5-6-12(20)13(21)8-11/h3-8H,9H2,1-2H3,(H,23,26). The van der Waals surface area contributed by atoms with Crippen LogP contribution in [0.5, 0.6) is 0 Å². The van der Waals surface area contributed by atoms with Gasteiger partial charge in [0.05, 0.1) is 21.5 Å². The lowest BCUT2D eigenvalue weighted by molar-refractivity contribution is -0.131. The van der Waals surface area contributed by atoms with Crippen molar-refractivity contribution in [3.8, 4) is 10.8 Å². The summed E-state index contributed by atoms with van der Waals surface area (Å²) < 4.78 is 5.70. The minimum atomic E-state index is -1.24. The molecule has 1 aliphatic rings. The van der Waals surface area contributed by atoms with E-state index in [0.717, 1.165) is 9.78 Å². The van der Waals surface area contributed by atoms with Gasteiger partial charge in [-0.15, -0.1) is 11.3 Å².